The van der Waals surface area contributed by atoms with Crippen LogP contribution in [0.3, 0.4) is 0 Å². The van der Waals surface area contributed by atoms with Crippen LogP contribution in [0, 0.1) is 29.4 Å². The van der Waals surface area contributed by atoms with Gasteiger partial charge in [0.2, 0.25) is 0 Å². The van der Waals surface area contributed by atoms with Crippen LogP contribution in [0.5, 0.6) is 0 Å². The normalized spacial score (nSPS) is 29.3. The molecule has 2 aliphatic carbocycles. The number of benzene rings is 1. The number of hydrogen-bond acceptors (Lipinski definition) is 0. The summed E-state index contributed by atoms with van der Waals surface area (Å²) in [5, 5.41) is 0. The molecule has 3 rings (SSSR count). The summed E-state index contributed by atoms with van der Waals surface area (Å²) >= 11 is 0. The number of allylic oxidation sites excluding steroid dienone is 2. The number of halogens is 4. The molecule has 4 heteroatoms. The summed E-state index contributed by atoms with van der Waals surface area (Å²) in [5.41, 5.74) is 0.229. The molecule has 0 saturated heterocycles. The van der Waals surface area contributed by atoms with E-state index in [0.29, 0.717) is 23.8 Å². The molecule has 0 unspecified atom stereocenters. The van der Waals surface area contributed by atoms with Gasteiger partial charge in [-0.2, -0.15) is 0 Å². The lowest BCUT2D eigenvalue weighted by Crippen LogP contribution is -2.25. The van der Waals surface area contributed by atoms with Gasteiger partial charge in [-0.1, -0.05) is 12.2 Å². The molecule has 0 aliphatic heterocycles. The molecule has 0 aromatic heterocycles. The summed E-state index contributed by atoms with van der Waals surface area (Å²) in [6, 6.07) is 2.66. The third-order valence-electron chi connectivity index (χ3n) is 6.71. The smallest absolute Gasteiger partial charge is 0.132 e. The summed E-state index contributed by atoms with van der Waals surface area (Å²) in [5.74, 6) is 0.724. The standard InChI is InChI=1S/C23H30F4/c24-12-2-1-3-16-4-6-17(7-5-16)18-8-10-19(11-9-18)20-13-22(26)21(15-25)23(27)14-20/h1,3,13-14,16-19H,2,4-12,15H2/b3-1+. The van der Waals surface area contributed by atoms with Crippen LogP contribution >= 0.6 is 0 Å². The topological polar surface area (TPSA) is 0 Å². The summed E-state index contributed by atoms with van der Waals surface area (Å²) < 4.78 is 52.6. The molecule has 2 aliphatic rings. The van der Waals surface area contributed by atoms with Gasteiger partial charge in [0.1, 0.15) is 18.3 Å². The lowest BCUT2D eigenvalue weighted by atomic mass is 9.68. The zero-order valence-electron chi connectivity index (χ0n) is 15.9. The van der Waals surface area contributed by atoms with Crippen molar-refractivity contribution < 1.29 is 17.6 Å². The van der Waals surface area contributed by atoms with Crippen LogP contribution in [0.4, 0.5) is 17.6 Å². The summed E-state index contributed by atoms with van der Waals surface area (Å²) in [7, 11) is 0. The van der Waals surface area contributed by atoms with Gasteiger partial charge in [0, 0.05) is 0 Å². The molecule has 0 amide bonds. The zero-order valence-corrected chi connectivity index (χ0v) is 15.9. The highest BCUT2D eigenvalue weighted by Gasteiger charge is 2.31. The van der Waals surface area contributed by atoms with E-state index in [0.717, 1.165) is 31.6 Å². The van der Waals surface area contributed by atoms with Crippen molar-refractivity contribution in [3.05, 3.63) is 47.0 Å². The molecule has 0 heterocycles. The second-order valence-electron chi connectivity index (χ2n) is 8.29. The summed E-state index contributed by atoms with van der Waals surface area (Å²) in [6.45, 7) is -1.38. The van der Waals surface area contributed by atoms with E-state index >= 15 is 0 Å². The Morgan fingerprint density at radius 1 is 0.815 bits per heavy atom. The Hall–Kier alpha value is -1.32. The lowest BCUT2D eigenvalue weighted by molar-refractivity contribution is 0.171. The van der Waals surface area contributed by atoms with Crippen molar-refractivity contribution in [2.45, 2.75) is 70.4 Å². The first-order valence-electron chi connectivity index (χ1n) is 10.4. The fourth-order valence-corrected chi connectivity index (χ4v) is 5.07. The van der Waals surface area contributed by atoms with Crippen molar-refractivity contribution in [3.63, 3.8) is 0 Å². The Morgan fingerprint density at radius 3 is 1.89 bits per heavy atom. The van der Waals surface area contributed by atoms with E-state index in [4.69, 9.17) is 0 Å². The van der Waals surface area contributed by atoms with Gasteiger partial charge in [-0.05, 0) is 99.2 Å². The van der Waals surface area contributed by atoms with Crippen LogP contribution < -0.4 is 0 Å². The average Bonchev–Trinajstić information content (AvgIpc) is 2.69. The molecular weight excluding hydrogens is 352 g/mol. The average molecular weight is 382 g/mol. The van der Waals surface area contributed by atoms with Gasteiger partial charge < -0.3 is 0 Å². The minimum atomic E-state index is -1.10. The van der Waals surface area contributed by atoms with Crippen LogP contribution in [-0.4, -0.2) is 6.67 Å². The monoisotopic (exact) mass is 382 g/mol. The fraction of sp³-hybridized carbons (Fsp3) is 0.652. The quantitative estimate of drug-likeness (QED) is 0.354. The van der Waals surface area contributed by atoms with Crippen molar-refractivity contribution in [2.24, 2.45) is 17.8 Å². The first-order chi connectivity index (χ1) is 13.1. The Labute approximate surface area is 160 Å². The van der Waals surface area contributed by atoms with Crippen LogP contribution in [0.15, 0.2) is 24.3 Å². The predicted molar refractivity (Wildman–Crippen MR) is 101 cm³/mol. The maximum absolute atomic E-state index is 13.9. The molecule has 150 valence electrons. The van der Waals surface area contributed by atoms with Crippen LogP contribution in [0.2, 0.25) is 0 Å². The number of rotatable bonds is 6. The zero-order chi connectivity index (χ0) is 19.2. The molecule has 1 aromatic carbocycles. The Bertz CT molecular complexity index is 600. The van der Waals surface area contributed by atoms with Crippen molar-refractivity contribution in [1.29, 1.82) is 0 Å². The second-order valence-corrected chi connectivity index (χ2v) is 8.29. The Morgan fingerprint density at radius 2 is 1.37 bits per heavy atom. The van der Waals surface area contributed by atoms with E-state index in [1.54, 1.807) is 0 Å². The van der Waals surface area contributed by atoms with E-state index in [-0.39, 0.29) is 12.6 Å². The van der Waals surface area contributed by atoms with E-state index < -0.39 is 23.9 Å². The molecule has 0 radical (unpaired) electrons. The molecule has 0 spiro atoms. The highest BCUT2D eigenvalue weighted by molar-refractivity contribution is 5.28. The third kappa shape index (κ3) is 5.14. The van der Waals surface area contributed by atoms with E-state index in [2.05, 4.69) is 6.08 Å². The third-order valence-corrected chi connectivity index (χ3v) is 6.71. The van der Waals surface area contributed by atoms with Crippen molar-refractivity contribution in [2.75, 3.05) is 6.67 Å². The molecule has 1 aromatic rings. The summed E-state index contributed by atoms with van der Waals surface area (Å²) in [4.78, 5) is 0. The van der Waals surface area contributed by atoms with Crippen molar-refractivity contribution >= 4 is 0 Å². The Kier molecular flexibility index (Phi) is 7.37. The number of hydrogen-bond donors (Lipinski definition) is 0. The Balaban J connectivity index is 1.50. The summed E-state index contributed by atoms with van der Waals surface area (Å²) in [6.07, 6.45) is 13.6. The highest BCUT2D eigenvalue weighted by Crippen LogP contribution is 2.44. The first kappa shape index (κ1) is 20.4. The molecule has 2 saturated carbocycles. The van der Waals surface area contributed by atoms with E-state index in [1.165, 1.54) is 37.8 Å². The second kappa shape index (κ2) is 9.75. The van der Waals surface area contributed by atoms with Crippen LogP contribution in [0.1, 0.15) is 74.8 Å². The van der Waals surface area contributed by atoms with Crippen molar-refractivity contribution in [3.8, 4) is 0 Å². The lowest BCUT2D eigenvalue weighted by Gasteiger charge is -2.37. The molecule has 0 bridgehead atoms. The van der Waals surface area contributed by atoms with Gasteiger partial charge in [0.15, 0.2) is 0 Å². The minimum Gasteiger partial charge on any atom is -0.251 e. The van der Waals surface area contributed by atoms with Gasteiger partial charge in [0.25, 0.3) is 0 Å². The van der Waals surface area contributed by atoms with Gasteiger partial charge in [-0.25, -0.2) is 13.2 Å². The fourth-order valence-electron chi connectivity index (χ4n) is 5.07. The van der Waals surface area contributed by atoms with Crippen LogP contribution in [-0.2, 0) is 6.67 Å². The van der Waals surface area contributed by atoms with Gasteiger partial charge in [0.05, 0.1) is 12.2 Å². The minimum absolute atomic E-state index is 0.180. The van der Waals surface area contributed by atoms with E-state index in [9.17, 15) is 17.6 Å². The number of alkyl halides is 2. The highest BCUT2D eigenvalue weighted by atomic mass is 19.1. The maximum Gasteiger partial charge on any atom is 0.132 e. The SMILES string of the molecule is FCC/C=C/C1CCC(C2CCC(c3cc(F)c(CF)c(F)c3)CC2)CC1. The van der Waals surface area contributed by atoms with Gasteiger partial charge >= 0.3 is 0 Å². The predicted octanol–water partition coefficient (Wildman–Crippen LogP) is 7.43. The molecular formula is C23H30F4. The largest absolute Gasteiger partial charge is 0.251 e. The van der Waals surface area contributed by atoms with Crippen LogP contribution in [0.25, 0.3) is 0 Å². The molecule has 0 N–H and O–H groups in total. The van der Waals surface area contributed by atoms with Crippen molar-refractivity contribution in [1.82, 2.24) is 0 Å². The molecule has 27 heavy (non-hydrogen) atoms. The molecule has 2 fully saturated rings. The molecule has 0 nitrogen and oxygen atoms in total. The van der Waals surface area contributed by atoms with Gasteiger partial charge in [-0.15, -0.1) is 0 Å². The van der Waals surface area contributed by atoms with Gasteiger partial charge in [-0.3, -0.25) is 4.39 Å². The van der Waals surface area contributed by atoms with E-state index in [1.807, 2.05) is 6.08 Å². The maximum atomic E-state index is 13.9. The molecule has 0 atom stereocenters. The first-order valence-corrected chi connectivity index (χ1v) is 10.4.